The van der Waals surface area contributed by atoms with Crippen LogP contribution in [0.1, 0.15) is 20.8 Å². The average molecular weight is 309 g/mol. The van der Waals surface area contributed by atoms with Crippen LogP contribution in [0.5, 0.6) is 0 Å². The Labute approximate surface area is 120 Å². The number of methoxy groups -OCH3 is 1. The lowest BCUT2D eigenvalue weighted by Crippen LogP contribution is -2.54. The molecule has 0 amide bonds. The van der Waals surface area contributed by atoms with Crippen LogP contribution in [0.3, 0.4) is 0 Å². The fourth-order valence-corrected chi connectivity index (χ4v) is 5.34. The Morgan fingerprint density at radius 3 is 2.63 bits per heavy atom. The third-order valence-electron chi connectivity index (χ3n) is 3.76. The van der Waals surface area contributed by atoms with Crippen LogP contribution in [-0.2, 0) is 19.4 Å². The van der Waals surface area contributed by atoms with E-state index in [2.05, 4.69) is 0 Å². The molecule has 7 heteroatoms. The Bertz CT molecular complexity index is 410. The van der Waals surface area contributed by atoms with Gasteiger partial charge in [-0.3, -0.25) is 9.69 Å². The minimum Gasteiger partial charge on any atom is -0.469 e. The number of nitrogens with zero attached hydrogens (tertiary/aromatic N) is 1. The first kappa shape index (κ1) is 16.8. The molecule has 0 aromatic rings. The summed E-state index contributed by atoms with van der Waals surface area (Å²) in [5, 5.41) is -0.488. The Balaban J connectivity index is 2.91. The molecule has 0 saturated carbocycles. The molecule has 0 aliphatic carbocycles. The standard InChI is InChI=1S/C12H23NO4S2/c1-5-19(15,16)11-8-18-7-6-13(11)10(3)9(2)12(14)17-4/h9-11H,5-8H2,1-4H3. The predicted octanol–water partition coefficient (Wildman–Crippen LogP) is 0.994. The van der Waals surface area contributed by atoms with Gasteiger partial charge in [-0.1, -0.05) is 13.8 Å². The van der Waals surface area contributed by atoms with Gasteiger partial charge in [-0.2, -0.15) is 11.8 Å². The van der Waals surface area contributed by atoms with Gasteiger partial charge in [-0.25, -0.2) is 8.42 Å². The number of thioether (sulfide) groups is 1. The number of carbonyl (C=O) groups excluding carboxylic acids is 1. The molecule has 0 spiro atoms. The van der Waals surface area contributed by atoms with Gasteiger partial charge in [0.25, 0.3) is 0 Å². The molecule has 1 heterocycles. The van der Waals surface area contributed by atoms with Crippen molar-refractivity contribution in [2.45, 2.75) is 32.2 Å². The molecule has 1 saturated heterocycles. The summed E-state index contributed by atoms with van der Waals surface area (Å²) in [5.41, 5.74) is 0. The third-order valence-corrected chi connectivity index (χ3v) is 7.07. The molecule has 1 aliphatic heterocycles. The number of carbonyl (C=O) groups is 1. The molecular weight excluding hydrogens is 286 g/mol. The van der Waals surface area contributed by atoms with Crippen LogP contribution in [-0.4, -0.2) is 61.6 Å². The lowest BCUT2D eigenvalue weighted by atomic mass is 10.0. The van der Waals surface area contributed by atoms with Crippen molar-refractivity contribution >= 4 is 27.6 Å². The van der Waals surface area contributed by atoms with E-state index in [1.165, 1.54) is 7.11 Å². The van der Waals surface area contributed by atoms with Gasteiger partial charge in [0, 0.05) is 29.8 Å². The highest BCUT2D eigenvalue weighted by atomic mass is 32.2. The normalized spacial score (nSPS) is 24.7. The molecule has 0 aromatic carbocycles. The summed E-state index contributed by atoms with van der Waals surface area (Å²) in [6.07, 6.45) is 0. The Kier molecular flexibility index (Phi) is 6.14. The van der Waals surface area contributed by atoms with E-state index < -0.39 is 15.2 Å². The van der Waals surface area contributed by atoms with E-state index in [-0.39, 0.29) is 23.7 Å². The second kappa shape index (κ2) is 6.95. The molecule has 0 radical (unpaired) electrons. The van der Waals surface area contributed by atoms with Gasteiger partial charge in [-0.15, -0.1) is 0 Å². The predicted molar refractivity (Wildman–Crippen MR) is 77.9 cm³/mol. The van der Waals surface area contributed by atoms with Gasteiger partial charge in [-0.05, 0) is 6.92 Å². The maximum Gasteiger partial charge on any atom is 0.309 e. The zero-order valence-corrected chi connectivity index (χ0v) is 13.6. The van der Waals surface area contributed by atoms with Gasteiger partial charge in [0.1, 0.15) is 5.37 Å². The quantitative estimate of drug-likeness (QED) is 0.706. The molecule has 0 aromatic heterocycles. The van der Waals surface area contributed by atoms with Crippen molar-refractivity contribution in [3.63, 3.8) is 0 Å². The highest BCUT2D eigenvalue weighted by Gasteiger charge is 2.38. The molecule has 1 fully saturated rings. The van der Waals surface area contributed by atoms with Crippen LogP contribution in [0.25, 0.3) is 0 Å². The van der Waals surface area contributed by atoms with Gasteiger partial charge in [0.2, 0.25) is 0 Å². The number of sulfone groups is 1. The van der Waals surface area contributed by atoms with E-state index in [4.69, 9.17) is 4.74 Å². The zero-order chi connectivity index (χ0) is 14.6. The van der Waals surface area contributed by atoms with Gasteiger partial charge < -0.3 is 4.74 Å². The van der Waals surface area contributed by atoms with Crippen LogP contribution in [0, 0.1) is 5.92 Å². The van der Waals surface area contributed by atoms with Crippen molar-refractivity contribution in [3.05, 3.63) is 0 Å². The lowest BCUT2D eigenvalue weighted by Gasteiger charge is -2.40. The first-order chi connectivity index (χ1) is 8.85. The number of esters is 1. The van der Waals surface area contributed by atoms with Crippen LogP contribution < -0.4 is 0 Å². The minimum absolute atomic E-state index is 0.133. The average Bonchev–Trinajstić information content (AvgIpc) is 2.44. The minimum atomic E-state index is -3.13. The van der Waals surface area contributed by atoms with Gasteiger partial charge in [0.05, 0.1) is 13.0 Å². The molecule has 112 valence electrons. The summed E-state index contributed by atoms with van der Waals surface area (Å²) in [4.78, 5) is 13.6. The van der Waals surface area contributed by atoms with Gasteiger partial charge >= 0.3 is 5.97 Å². The van der Waals surface area contributed by atoms with Crippen molar-refractivity contribution in [2.24, 2.45) is 5.92 Å². The molecular formula is C12H23NO4S2. The summed E-state index contributed by atoms with van der Waals surface area (Å²) in [6, 6.07) is -0.139. The summed E-state index contributed by atoms with van der Waals surface area (Å²) in [5.74, 6) is 0.984. The monoisotopic (exact) mass is 309 g/mol. The number of hydrogen-bond acceptors (Lipinski definition) is 6. The van der Waals surface area contributed by atoms with Crippen molar-refractivity contribution in [1.29, 1.82) is 0 Å². The molecule has 0 N–H and O–H groups in total. The molecule has 3 unspecified atom stereocenters. The van der Waals surface area contributed by atoms with Crippen LogP contribution >= 0.6 is 11.8 Å². The second-order valence-electron chi connectivity index (χ2n) is 4.77. The number of hydrogen-bond donors (Lipinski definition) is 0. The molecule has 19 heavy (non-hydrogen) atoms. The number of rotatable bonds is 5. The van der Waals surface area contributed by atoms with Crippen molar-refractivity contribution < 1.29 is 17.9 Å². The number of ether oxygens (including phenoxy) is 1. The maximum absolute atomic E-state index is 12.2. The largest absolute Gasteiger partial charge is 0.469 e. The van der Waals surface area contributed by atoms with E-state index in [1.54, 1.807) is 25.6 Å². The first-order valence-electron chi connectivity index (χ1n) is 6.48. The van der Waals surface area contributed by atoms with E-state index in [0.29, 0.717) is 12.3 Å². The van der Waals surface area contributed by atoms with E-state index in [0.717, 1.165) is 5.75 Å². The molecule has 5 nitrogen and oxygen atoms in total. The fourth-order valence-electron chi connectivity index (χ4n) is 2.23. The van der Waals surface area contributed by atoms with E-state index >= 15 is 0 Å². The highest BCUT2D eigenvalue weighted by molar-refractivity contribution is 8.01. The Morgan fingerprint density at radius 1 is 1.47 bits per heavy atom. The smallest absolute Gasteiger partial charge is 0.309 e. The topological polar surface area (TPSA) is 63.7 Å². The van der Waals surface area contributed by atoms with Crippen LogP contribution in [0.15, 0.2) is 0 Å². The molecule has 1 aliphatic rings. The highest BCUT2D eigenvalue weighted by Crippen LogP contribution is 2.26. The molecule has 1 rings (SSSR count). The Morgan fingerprint density at radius 2 is 2.11 bits per heavy atom. The van der Waals surface area contributed by atoms with Crippen LogP contribution in [0.4, 0.5) is 0 Å². The van der Waals surface area contributed by atoms with Crippen LogP contribution in [0.2, 0.25) is 0 Å². The van der Waals surface area contributed by atoms with Crippen molar-refractivity contribution in [2.75, 3.05) is 30.9 Å². The van der Waals surface area contributed by atoms with E-state index in [1.807, 2.05) is 11.8 Å². The van der Waals surface area contributed by atoms with Gasteiger partial charge in [0.15, 0.2) is 9.84 Å². The summed E-state index contributed by atoms with van der Waals surface area (Å²) >= 11 is 1.66. The van der Waals surface area contributed by atoms with Crippen molar-refractivity contribution in [3.8, 4) is 0 Å². The summed E-state index contributed by atoms with van der Waals surface area (Å²) < 4.78 is 29.1. The molecule has 0 bridgehead atoms. The lowest BCUT2D eigenvalue weighted by molar-refractivity contribution is -0.147. The Hall–Kier alpha value is -0.270. The maximum atomic E-state index is 12.2. The zero-order valence-electron chi connectivity index (χ0n) is 12.0. The molecule has 3 atom stereocenters. The fraction of sp³-hybridized carbons (Fsp3) is 0.917. The second-order valence-corrected chi connectivity index (χ2v) is 8.37. The summed E-state index contributed by atoms with van der Waals surface area (Å²) in [6.45, 7) is 6.04. The first-order valence-corrected chi connectivity index (χ1v) is 9.35. The SMILES string of the molecule is CCS(=O)(=O)C1CSCCN1C(C)C(C)C(=O)OC. The third kappa shape index (κ3) is 3.86. The van der Waals surface area contributed by atoms with E-state index in [9.17, 15) is 13.2 Å². The van der Waals surface area contributed by atoms with Crippen molar-refractivity contribution in [1.82, 2.24) is 4.90 Å². The summed E-state index contributed by atoms with van der Waals surface area (Å²) in [7, 11) is -1.77.